The summed E-state index contributed by atoms with van der Waals surface area (Å²) in [7, 11) is 1.66. The minimum atomic E-state index is 0. The molecule has 0 fully saturated rings. The van der Waals surface area contributed by atoms with E-state index in [4.69, 9.17) is 18.9 Å². The predicted molar refractivity (Wildman–Crippen MR) is 119 cm³/mol. The van der Waals surface area contributed by atoms with Gasteiger partial charge in [0, 0.05) is 12.6 Å². The van der Waals surface area contributed by atoms with Crippen molar-refractivity contribution in [3.05, 3.63) is 48.0 Å². The predicted octanol–water partition coefficient (Wildman–Crippen LogP) is 3.18. The highest BCUT2D eigenvalue weighted by atomic mass is 127. The van der Waals surface area contributed by atoms with E-state index in [-0.39, 0.29) is 30.8 Å². The number of rotatable bonds is 8. The molecule has 2 aromatic carbocycles. The van der Waals surface area contributed by atoms with E-state index in [2.05, 4.69) is 15.6 Å². The molecule has 1 heterocycles. The Hall–Kier alpha value is -2.36. The zero-order valence-corrected chi connectivity index (χ0v) is 18.4. The Labute approximate surface area is 182 Å². The number of benzene rings is 2. The Morgan fingerprint density at radius 1 is 1.04 bits per heavy atom. The highest BCUT2D eigenvalue weighted by Gasteiger charge is 2.13. The Bertz CT molecular complexity index is 769. The van der Waals surface area contributed by atoms with Crippen molar-refractivity contribution in [2.75, 3.05) is 33.6 Å². The molecule has 0 saturated carbocycles. The Morgan fingerprint density at radius 2 is 1.79 bits per heavy atom. The number of halogens is 1. The molecule has 0 bridgehead atoms. The van der Waals surface area contributed by atoms with Crippen LogP contribution in [0.5, 0.6) is 23.0 Å². The van der Waals surface area contributed by atoms with Crippen molar-refractivity contribution in [2.24, 2.45) is 4.99 Å². The van der Waals surface area contributed by atoms with Crippen LogP contribution in [-0.2, 0) is 6.54 Å². The largest absolute Gasteiger partial charge is 0.497 e. The van der Waals surface area contributed by atoms with Gasteiger partial charge in [0.1, 0.15) is 18.1 Å². The summed E-state index contributed by atoms with van der Waals surface area (Å²) in [5, 5.41) is 6.50. The average molecular weight is 499 g/mol. The first kappa shape index (κ1) is 21.9. The molecule has 0 aliphatic carbocycles. The normalized spacial score (nSPS) is 12.1. The maximum atomic E-state index is 5.75. The fraction of sp³-hybridized carbons (Fsp3) is 0.350. The number of ether oxygens (including phenoxy) is 4. The van der Waals surface area contributed by atoms with Crippen LogP contribution < -0.4 is 29.6 Å². The van der Waals surface area contributed by atoms with Crippen LogP contribution in [0.15, 0.2) is 47.5 Å². The third-order valence-corrected chi connectivity index (χ3v) is 3.93. The molecule has 0 spiro atoms. The molecule has 152 valence electrons. The lowest BCUT2D eigenvalue weighted by Gasteiger charge is -2.12. The van der Waals surface area contributed by atoms with Crippen LogP contribution in [-0.4, -0.2) is 39.6 Å². The van der Waals surface area contributed by atoms with Crippen molar-refractivity contribution >= 4 is 29.9 Å². The van der Waals surface area contributed by atoms with E-state index in [1.807, 2.05) is 49.4 Å². The number of nitrogens with zero attached hydrogens (tertiary/aromatic N) is 1. The van der Waals surface area contributed by atoms with E-state index in [1.165, 1.54) is 0 Å². The average Bonchev–Trinajstić information content (AvgIpc) is 3.17. The molecule has 0 aromatic heterocycles. The Kier molecular flexibility index (Phi) is 8.99. The highest BCUT2D eigenvalue weighted by Crippen LogP contribution is 2.34. The van der Waals surface area contributed by atoms with Gasteiger partial charge in [-0.15, -0.1) is 24.0 Å². The van der Waals surface area contributed by atoms with Gasteiger partial charge in [-0.2, -0.15) is 0 Å². The summed E-state index contributed by atoms with van der Waals surface area (Å²) in [6.45, 7) is 4.81. The van der Waals surface area contributed by atoms with Gasteiger partial charge in [0.2, 0.25) is 6.79 Å². The second-order valence-corrected chi connectivity index (χ2v) is 5.83. The standard InChI is InChI=1S/C20H25N3O4.HI/c1-3-21-20(23-13-15-4-6-16(24-2)7-5-15)22-10-11-25-17-8-9-18-19(12-17)27-14-26-18;/h4-9,12H,3,10-11,13-14H2,1-2H3,(H2,21,22,23);1H. The van der Waals surface area contributed by atoms with Crippen LogP contribution >= 0.6 is 24.0 Å². The lowest BCUT2D eigenvalue weighted by atomic mass is 10.2. The fourth-order valence-electron chi connectivity index (χ4n) is 2.55. The SMILES string of the molecule is CCNC(=NCc1ccc(OC)cc1)NCCOc1ccc2c(c1)OCO2.I. The van der Waals surface area contributed by atoms with E-state index in [0.717, 1.165) is 41.1 Å². The maximum Gasteiger partial charge on any atom is 0.231 e. The molecule has 3 rings (SSSR count). The Morgan fingerprint density at radius 3 is 2.54 bits per heavy atom. The van der Waals surface area contributed by atoms with Gasteiger partial charge in [-0.05, 0) is 36.8 Å². The number of aliphatic imine (C=N–C) groups is 1. The van der Waals surface area contributed by atoms with Crippen molar-refractivity contribution in [1.82, 2.24) is 10.6 Å². The van der Waals surface area contributed by atoms with Crippen molar-refractivity contribution in [1.29, 1.82) is 0 Å². The Balaban J connectivity index is 0.00000280. The summed E-state index contributed by atoms with van der Waals surface area (Å²) in [6, 6.07) is 13.4. The summed E-state index contributed by atoms with van der Waals surface area (Å²) < 4.78 is 21.6. The third-order valence-electron chi connectivity index (χ3n) is 3.93. The van der Waals surface area contributed by atoms with Crippen LogP contribution in [0.1, 0.15) is 12.5 Å². The second-order valence-electron chi connectivity index (χ2n) is 5.83. The number of guanidine groups is 1. The quantitative estimate of drug-likeness (QED) is 0.252. The molecular weight excluding hydrogens is 473 g/mol. The van der Waals surface area contributed by atoms with Crippen molar-refractivity contribution in [3.8, 4) is 23.0 Å². The van der Waals surface area contributed by atoms with Crippen molar-refractivity contribution < 1.29 is 18.9 Å². The molecule has 0 saturated heterocycles. The van der Waals surface area contributed by atoms with Crippen LogP contribution in [0.3, 0.4) is 0 Å². The minimum Gasteiger partial charge on any atom is -0.497 e. The fourth-order valence-corrected chi connectivity index (χ4v) is 2.55. The van der Waals surface area contributed by atoms with Crippen LogP contribution in [0.2, 0.25) is 0 Å². The summed E-state index contributed by atoms with van der Waals surface area (Å²) in [5.41, 5.74) is 1.12. The summed E-state index contributed by atoms with van der Waals surface area (Å²) in [4.78, 5) is 4.59. The van der Waals surface area contributed by atoms with Gasteiger partial charge in [-0.25, -0.2) is 4.99 Å². The molecule has 2 N–H and O–H groups in total. The van der Waals surface area contributed by atoms with E-state index in [1.54, 1.807) is 7.11 Å². The maximum absolute atomic E-state index is 5.75. The molecular formula is C20H26IN3O4. The van der Waals surface area contributed by atoms with Gasteiger partial charge in [0.25, 0.3) is 0 Å². The summed E-state index contributed by atoms with van der Waals surface area (Å²) in [6.07, 6.45) is 0. The van der Waals surface area contributed by atoms with Crippen LogP contribution in [0, 0.1) is 0 Å². The molecule has 1 aliphatic rings. The van der Waals surface area contributed by atoms with E-state index in [9.17, 15) is 0 Å². The zero-order valence-electron chi connectivity index (χ0n) is 16.1. The monoisotopic (exact) mass is 499 g/mol. The van der Waals surface area contributed by atoms with Gasteiger partial charge in [-0.1, -0.05) is 12.1 Å². The first-order valence-corrected chi connectivity index (χ1v) is 8.96. The molecule has 0 radical (unpaired) electrons. The smallest absolute Gasteiger partial charge is 0.231 e. The van der Waals surface area contributed by atoms with E-state index < -0.39 is 0 Å². The molecule has 1 aliphatic heterocycles. The lowest BCUT2D eigenvalue weighted by molar-refractivity contribution is 0.173. The van der Waals surface area contributed by atoms with E-state index >= 15 is 0 Å². The minimum absolute atomic E-state index is 0. The number of methoxy groups -OCH3 is 1. The number of fused-ring (bicyclic) bond motifs is 1. The van der Waals surface area contributed by atoms with Gasteiger partial charge >= 0.3 is 0 Å². The van der Waals surface area contributed by atoms with Crippen molar-refractivity contribution in [3.63, 3.8) is 0 Å². The van der Waals surface area contributed by atoms with Crippen LogP contribution in [0.25, 0.3) is 0 Å². The van der Waals surface area contributed by atoms with Gasteiger partial charge in [0.05, 0.1) is 20.2 Å². The molecule has 0 unspecified atom stereocenters. The highest BCUT2D eigenvalue weighted by molar-refractivity contribution is 14.0. The third kappa shape index (κ3) is 6.36. The van der Waals surface area contributed by atoms with Gasteiger partial charge in [-0.3, -0.25) is 0 Å². The molecule has 0 atom stereocenters. The first-order valence-electron chi connectivity index (χ1n) is 8.96. The molecule has 0 amide bonds. The lowest BCUT2D eigenvalue weighted by Crippen LogP contribution is -2.39. The molecule has 2 aromatic rings. The molecule has 8 heteroatoms. The van der Waals surface area contributed by atoms with Crippen LogP contribution in [0.4, 0.5) is 0 Å². The van der Waals surface area contributed by atoms with E-state index in [0.29, 0.717) is 19.7 Å². The first-order chi connectivity index (χ1) is 13.3. The number of hydrogen-bond donors (Lipinski definition) is 2. The number of hydrogen-bond acceptors (Lipinski definition) is 5. The summed E-state index contributed by atoms with van der Waals surface area (Å²) >= 11 is 0. The van der Waals surface area contributed by atoms with Gasteiger partial charge in [0.15, 0.2) is 17.5 Å². The second kappa shape index (κ2) is 11.5. The number of nitrogens with one attached hydrogen (secondary N) is 2. The topological polar surface area (TPSA) is 73.3 Å². The zero-order chi connectivity index (χ0) is 18.9. The summed E-state index contributed by atoms with van der Waals surface area (Å²) in [5.74, 6) is 3.81. The van der Waals surface area contributed by atoms with Crippen molar-refractivity contribution in [2.45, 2.75) is 13.5 Å². The molecule has 7 nitrogen and oxygen atoms in total. The van der Waals surface area contributed by atoms with Gasteiger partial charge < -0.3 is 29.6 Å². The molecule has 28 heavy (non-hydrogen) atoms.